The zero-order valence-corrected chi connectivity index (χ0v) is 12.7. The van der Waals surface area contributed by atoms with E-state index in [0.717, 1.165) is 59.4 Å². The maximum atomic E-state index is 12.3. The van der Waals surface area contributed by atoms with Crippen molar-refractivity contribution in [3.05, 3.63) is 33.6 Å². The fourth-order valence-electron chi connectivity index (χ4n) is 3.02. The van der Waals surface area contributed by atoms with Crippen LogP contribution in [-0.2, 0) is 13.0 Å². The van der Waals surface area contributed by atoms with E-state index in [2.05, 4.69) is 21.3 Å². The average molecular weight is 287 g/mol. The molecule has 5 heteroatoms. The second kappa shape index (κ2) is 5.41. The van der Waals surface area contributed by atoms with Crippen LogP contribution in [-0.4, -0.2) is 37.6 Å². The number of fused-ring (bicyclic) bond motifs is 3. The van der Waals surface area contributed by atoms with Gasteiger partial charge in [-0.1, -0.05) is 0 Å². The first kappa shape index (κ1) is 13.9. The monoisotopic (exact) mass is 287 g/mol. The highest BCUT2D eigenvalue weighted by Crippen LogP contribution is 2.35. The topological polar surface area (TPSA) is 57.4 Å². The lowest BCUT2D eigenvalue weighted by Crippen LogP contribution is -2.22. The van der Waals surface area contributed by atoms with Crippen LogP contribution in [0.2, 0.25) is 0 Å². The number of rotatable bonds is 3. The van der Waals surface area contributed by atoms with Gasteiger partial charge in [0, 0.05) is 18.7 Å². The Bertz CT molecular complexity index is 734. The SMILES string of the molecule is COc1cc(CN(C)C)cc2[nH]c(=O)c3c(c12)NCCC3. The molecule has 0 saturated carbocycles. The molecule has 0 fully saturated rings. The van der Waals surface area contributed by atoms with E-state index < -0.39 is 0 Å². The van der Waals surface area contributed by atoms with E-state index in [0.29, 0.717) is 0 Å². The van der Waals surface area contributed by atoms with Gasteiger partial charge in [0.15, 0.2) is 0 Å². The van der Waals surface area contributed by atoms with Gasteiger partial charge in [-0.2, -0.15) is 0 Å². The molecule has 0 spiro atoms. The quantitative estimate of drug-likeness (QED) is 0.906. The van der Waals surface area contributed by atoms with Crippen molar-refractivity contribution in [3.8, 4) is 5.75 Å². The van der Waals surface area contributed by atoms with E-state index in [1.807, 2.05) is 20.2 Å². The van der Waals surface area contributed by atoms with Gasteiger partial charge >= 0.3 is 0 Å². The Morgan fingerprint density at radius 2 is 2.14 bits per heavy atom. The van der Waals surface area contributed by atoms with Crippen molar-refractivity contribution < 1.29 is 4.74 Å². The van der Waals surface area contributed by atoms with Gasteiger partial charge in [0.2, 0.25) is 0 Å². The van der Waals surface area contributed by atoms with Crippen LogP contribution in [0.1, 0.15) is 17.5 Å². The van der Waals surface area contributed by atoms with E-state index in [-0.39, 0.29) is 5.56 Å². The summed E-state index contributed by atoms with van der Waals surface area (Å²) in [5.74, 6) is 0.811. The van der Waals surface area contributed by atoms with Crippen LogP contribution in [0.4, 0.5) is 5.69 Å². The predicted molar refractivity (Wildman–Crippen MR) is 85.3 cm³/mol. The third kappa shape index (κ3) is 2.49. The molecular weight excluding hydrogens is 266 g/mol. The number of nitrogens with one attached hydrogen (secondary N) is 2. The standard InChI is InChI=1S/C16H21N3O2/c1-19(2)9-10-7-12-14(13(8-10)21-3)15-11(16(20)18-12)5-4-6-17-15/h7-8,17H,4-6,9H2,1-3H3,(H,18,20). The predicted octanol–water partition coefficient (Wildman–Crippen LogP) is 1.96. The fraction of sp³-hybridized carbons (Fsp3) is 0.438. The number of nitrogens with zero attached hydrogens (tertiary/aromatic N) is 1. The number of methoxy groups -OCH3 is 1. The van der Waals surface area contributed by atoms with Gasteiger partial charge in [0.25, 0.3) is 5.56 Å². The molecule has 0 bridgehead atoms. The molecule has 0 saturated heterocycles. The first-order chi connectivity index (χ1) is 10.1. The molecule has 112 valence electrons. The van der Waals surface area contributed by atoms with Gasteiger partial charge in [-0.3, -0.25) is 4.79 Å². The molecule has 1 aromatic carbocycles. The third-order valence-corrected chi connectivity index (χ3v) is 3.86. The van der Waals surface area contributed by atoms with E-state index in [9.17, 15) is 4.79 Å². The normalized spacial score (nSPS) is 14.1. The first-order valence-electron chi connectivity index (χ1n) is 7.24. The van der Waals surface area contributed by atoms with Crippen LogP contribution >= 0.6 is 0 Å². The number of hydrogen-bond acceptors (Lipinski definition) is 4. The maximum absolute atomic E-state index is 12.3. The van der Waals surface area contributed by atoms with E-state index in [4.69, 9.17) is 4.74 Å². The van der Waals surface area contributed by atoms with Gasteiger partial charge in [0.1, 0.15) is 5.75 Å². The van der Waals surface area contributed by atoms with Crippen molar-refractivity contribution in [2.75, 3.05) is 33.1 Å². The molecule has 2 heterocycles. The number of aromatic nitrogens is 1. The molecule has 0 unspecified atom stereocenters. The second-order valence-corrected chi connectivity index (χ2v) is 5.80. The Hall–Kier alpha value is -2.01. The summed E-state index contributed by atoms with van der Waals surface area (Å²) < 4.78 is 5.58. The molecule has 1 aromatic heterocycles. The molecule has 3 rings (SSSR count). The van der Waals surface area contributed by atoms with Crippen LogP contribution in [0.5, 0.6) is 5.75 Å². The minimum absolute atomic E-state index is 0.00811. The number of ether oxygens (including phenoxy) is 1. The molecule has 2 aromatic rings. The molecule has 0 amide bonds. The smallest absolute Gasteiger partial charge is 0.253 e. The lowest BCUT2D eigenvalue weighted by Gasteiger charge is -2.21. The van der Waals surface area contributed by atoms with E-state index in [1.54, 1.807) is 7.11 Å². The minimum Gasteiger partial charge on any atom is -0.496 e. The fourth-order valence-corrected chi connectivity index (χ4v) is 3.02. The lowest BCUT2D eigenvalue weighted by atomic mass is 9.99. The summed E-state index contributed by atoms with van der Waals surface area (Å²) in [5.41, 5.74) is 3.74. The largest absolute Gasteiger partial charge is 0.496 e. The van der Waals surface area contributed by atoms with Crippen LogP contribution in [0, 0.1) is 0 Å². The molecule has 21 heavy (non-hydrogen) atoms. The molecular formula is C16H21N3O2. The van der Waals surface area contributed by atoms with Crippen LogP contribution in [0.25, 0.3) is 10.9 Å². The summed E-state index contributed by atoms with van der Waals surface area (Å²) in [5, 5.41) is 4.35. The highest BCUT2D eigenvalue weighted by molar-refractivity contribution is 5.98. The molecule has 1 aliphatic rings. The summed E-state index contributed by atoms with van der Waals surface area (Å²) in [6.45, 7) is 1.70. The Balaban J connectivity index is 2.28. The van der Waals surface area contributed by atoms with Gasteiger partial charge in [-0.25, -0.2) is 0 Å². The Kier molecular flexibility index (Phi) is 3.59. The number of benzene rings is 1. The van der Waals surface area contributed by atoms with Crippen LogP contribution < -0.4 is 15.6 Å². The van der Waals surface area contributed by atoms with Gasteiger partial charge in [-0.05, 0) is 44.6 Å². The molecule has 0 aliphatic carbocycles. The van der Waals surface area contributed by atoms with Crippen molar-refractivity contribution in [1.29, 1.82) is 0 Å². The number of hydrogen-bond donors (Lipinski definition) is 2. The summed E-state index contributed by atoms with van der Waals surface area (Å²) in [6, 6.07) is 4.09. The first-order valence-corrected chi connectivity index (χ1v) is 7.24. The second-order valence-electron chi connectivity index (χ2n) is 5.80. The Labute approximate surface area is 123 Å². The number of H-pyrrole nitrogens is 1. The van der Waals surface area contributed by atoms with Crippen molar-refractivity contribution >= 4 is 16.6 Å². The summed E-state index contributed by atoms with van der Waals surface area (Å²) >= 11 is 0. The highest BCUT2D eigenvalue weighted by Gasteiger charge is 2.19. The summed E-state index contributed by atoms with van der Waals surface area (Å²) in [6.07, 6.45) is 1.80. The molecule has 0 atom stereocenters. The van der Waals surface area contributed by atoms with Crippen molar-refractivity contribution in [2.24, 2.45) is 0 Å². The van der Waals surface area contributed by atoms with Gasteiger partial charge in [-0.15, -0.1) is 0 Å². The number of aromatic amines is 1. The number of pyridine rings is 1. The van der Waals surface area contributed by atoms with Crippen LogP contribution in [0.15, 0.2) is 16.9 Å². The molecule has 1 aliphatic heterocycles. The average Bonchev–Trinajstić information content (AvgIpc) is 2.45. The maximum Gasteiger partial charge on any atom is 0.253 e. The van der Waals surface area contributed by atoms with Gasteiger partial charge in [0.05, 0.1) is 23.7 Å². The highest BCUT2D eigenvalue weighted by atomic mass is 16.5. The summed E-state index contributed by atoms with van der Waals surface area (Å²) in [4.78, 5) is 17.4. The Morgan fingerprint density at radius 1 is 1.33 bits per heavy atom. The molecule has 0 radical (unpaired) electrons. The van der Waals surface area contributed by atoms with Gasteiger partial charge < -0.3 is 19.9 Å². The Morgan fingerprint density at radius 3 is 2.86 bits per heavy atom. The molecule has 2 N–H and O–H groups in total. The van der Waals surface area contributed by atoms with E-state index in [1.165, 1.54) is 0 Å². The van der Waals surface area contributed by atoms with Crippen LogP contribution in [0.3, 0.4) is 0 Å². The van der Waals surface area contributed by atoms with Crippen molar-refractivity contribution in [3.63, 3.8) is 0 Å². The summed E-state index contributed by atoms with van der Waals surface area (Å²) in [7, 11) is 5.72. The third-order valence-electron chi connectivity index (χ3n) is 3.86. The van der Waals surface area contributed by atoms with Crippen molar-refractivity contribution in [1.82, 2.24) is 9.88 Å². The minimum atomic E-state index is 0.00811. The molecule has 5 nitrogen and oxygen atoms in total. The van der Waals surface area contributed by atoms with E-state index >= 15 is 0 Å². The zero-order chi connectivity index (χ0) is 15.0. The number of anilines is 1. The zero-order valence-electron chi connectivity index (χ0n) is 12.7. The van der Waals surface area contributed by atoms with Crippen molar-refractivity contribution in [2.45, 2.75) is 19.4 Å². The lowest BCUT2D eigenvalue weighted by molar-refractivity contribution is 0.397.